The summed E-state index contributed by atoms with van der Waals surface area (Å²) in [5.74, 6) is 2.47. The molecule has 7 heteroatoms. The highest BCUT2D eigenvalue weighted by Gasteiger charge is 2.11. The number of carbonyl (C=O) groups is 1. The van der Waals surface area contributed by atoms with Gasteiger partial charge in [-0.05, 0) is 12.1 Å². The van der Waals surface area contributed by atoms with Crippen LogP contribution in [0, 0.1) is 0 Å². The first kappa shape index (κ1) is 13.1. The van der Waals surface area contributed by atoms with E-state index in [4.69, 9.17) is 5.73 Å². The molecule has 1 amide bonds. The molecule has 1 aromatic rings. The van der Waals surface area contributed by atoms with Gasteiger partial charge < -0.3 is 11.1 Å². The fourth-order valence-electron chi connectivity index (χ4n) is 1.71. The van der Waals surface area contributed by atoms with E-state index in [1.165, 1.54) is 11.5 Å². The average molecular weight is 267 g/mol. The number of rotatable bonds is 4. The summed E-state index contributed by atoms with van der Waals surface area (Å²) < 4.78 is 0. The van der Waals surface area contributed by atoms with E-state index in [1.54, 1.807) is 12.1 Å². The zero-order valence-electron chi connectivity index (χ0n) is 10.1. The Morgan fingerprint density at radius 2 is 2.17 bits per heavy atom. The Balaban J connectivity index is 1.72. The van der Waals surface area contributed by atoms with Gasteiger partial charge in [-0.25, -0.2) is 0 Å². The number of anilines is 1. The van der Waals surface area contributed by atoms with Crippen LogP contribution in [-0.4, -0.2) is 58.7 Å². The second-order valence-corrected chi connectivity index (χ2v) is 5.28. The maximum absolute atomic E-state index is 11.7. The Hall–Kier alpha value is -1.34. The summed E-state index contributed by atoms with van der Waals surface area (Å²) in [5, 5.41) is 10.2. The smallest absolute Gasteiger partial charge is 0.271 e. The maximum atomic E-state index is 11.7. The lowest BCUT2D eigenvalue weighted by Crippen LogP contribution is -2.39. The third kappa shape index (κ3) is 3.85. The fraction of sp³-hybridized carbons (Fsp3) is 0.545. The van der Waals surface area contributed by atoms with Gasteiger partial charge in [-0.1, -0.05) is 0 Å². The van der Waals surface area contributed by atoms with E-state index >= 15 is 0 Å². The van der Waals surface area contributed by atoms with Crippen LogP contribution in [-0.2, 0) is 0 Å². The molecule has 1 saturated heterocycles. The van der Waals surface area contributed by atoms with Gasteiger partial charge in [0.05, 0.1) is 0 Å². The molecule has 2 rings (SSSR count). The number of aromatic nitrogens is 2. The largest absolute Gasteiger partial charge is 0.382 e. The van der Waals surface area contributed by atoms with Gasteiger partial charge in [-0.15, -0.1) is 10.2 Å². The molecule has 98 valence electrons. The molecule has 0 saturated carbocycles. The molecule has 0 atom stereocenters. The van der Waals surface area contributed by atoms with Crippen LogP contribution in [0.4, 0.5) is 5.82 Å². The Kier molecular flexibility index (Phi) is 4.77. The number of carbonyl (C=O) groups excluding carboxylic acids is 1. The zero-order chi connectivity index (χ0) is 12.8. The second-order valence-electron chi connectivity index (χ2n) is 4.05. The van der Waals surface area contributed by atoms with E-state index in [-0.39, 0.29) is 5.91 Å². The fourth-order valence-corrected chi connectivity index (χ4v) is 2.69. The lowest BCUT2D eigenvalue weighted by molar-refractivity contribution is 0.0943. The number of nitrogens with two attached hydrogens (primary N) is 1. The molecule has 1 aromatic heterocycles. The van der Waals surface area contributed by atoms with Gasteiger partial charge in [0.2, 0.25) is 0 Å². The monoisotopic (exact) mass is 267 g/mol. The Morgan fingerprint density at radius 1 is 1.39 bits per heavy atom. The molecule has 0 bridgehead atoms. The van der Waals surface area contributed by atoms with Crippen molar-refractivity contribution in [3.05, 3.63) is 17.8 Å². The van der Waals surface area contributed by atoms with Crippen molar-refractivity contribution in [2.45, 2.75) is 0 Å². The first-order valence-corrected chi connectivity index (χ1v) is 7.08. The van der Waals surface area contributed by atoms with Crippen LogP contribution < -0.4 is 11.1 Å². The molecular weight excluding hydrogens is 250 g/mol. The number of nitrogen functional groups attached to an aromatic ring is 1. The quantitative estimate of drug-likeness (QED) is 0.788. The maximum Gasteiger partial charge on any atom is 0.271 e. The van der Waals surface area contributed by atoms with Crippen LogP contribution in [0.15, 0.2) is 12.1 Å². The van der Waals surface area contributed by atoms with E-state index < -0.39 is 0 Å². The first-order chi connectivity index (χ1) is 8.75. The molecule has 1 fully saturated rings. The van der Waals surface area contributed by atoms with Gasteiger partial charge >= 0.3 is 0 Å². The van der Waals surface area contributed by atoms with Gasteiger partial charge in [-0.2, -0.15) is 11.8 Å². The van der Waals surface area contributed by atoms with Crippen LogP contribution >= 0.6 is 11.8 Å². The molecule has 1 aliphatic heterocycles. The number of hydrogen-bond donors (Lipinski definition) is 2. The van der Waals surface area contributed by atoms with Gasteiger partial charge in [-0.3, -0.25) is 9.69 Å². The summed E-state index contributed by atoms with van der Waals surface area (Å²) in [7, 11) is 0. The highest BCUT2D eigenvalue weighted by Crippen LogP contribution is 2.07. The normalized spacial score (nSPS) is 16.4. The van der Waals surface area contributed by atoms with Crippen LogP contribution in [0.3, 0.4) is 0 Å². The number of nitrogens with zero attached hydrogens (tertiary/aromatic N) is 3. The van der Waals surface area contributed by atoms with Crippen LogP contribution in [0.5, 0.6) is 0 Å². The Morgan fingerprint density at radius 3 is 2.83 bits per heavy atom. The summed E-state index contributed by atoms with van der Waals surface area (Å²) in [6.07, 6.45) is 0. The van der Waals surface area contributed by atoms with Gasteiger partial charge in [0.1, 0.15) is 5.82 Å². The highest BCUT2D eigenvalue weighted by atomic mass is 32.2. The Labute approximate surface area is 110 Å². The van der Waals surface area contributed by atoms with Gasteiger partial charge in [0, 0.05) is 37.7 Å². The summed E-state index contributed by atoms with van der Waals surface area (Å²) in [4.78, 5) is 14.1. The number of nitrogens with one attached hydrogen (secondary N) is 1. The van der Waals surface area contributed by atoms with Crippen molar-refractivity contribution >= 4 is 23.5 Å². The predicted octanol–water partition coefficient (Wildman–Crippen LogP) is -0.163. The average Bonchev–Trinajstić information content (AvgIpc) is 2.40. The molecule has 0 spiro atoms. The van der Waals surface area contributed by atoms with E-state index in [0.717, 1.165) is 19.6 Å². The topological polar surface area (TPSA) is 84.1 Å². The van der Waals surface area contributed by atoms with Crippen molar-refractivity contribution in [2.75, 3.05) is 43.4 Å². The SMILES string of the molecule is Nc1ccc(C(=O)NCCN2CCSCC2)nn1. The molecule has 0 aliphatic carbocycles. The number of thioether (sulfide) groups is 1. The van der Waals surface area contributed by atoms with Crippen molar-refractivity contribution in [3.8, 4) is 0 Å². The van der Waals surface area contributed by atoms with Gasteiger partial charge in [0.15, 0.2) is 5.69 Å². The molecule has 3 N–H and O–H groups in total. The van der Waals surface area contributed by atoms with Crippen LogP contribution in [0.25, 0.3) is 0 Å². The first-order valence-electron chi connectivity index (χ1n) is 5.93. The minimum atomic E-state index is -0.200. The van der Waals surface area contributed by atoms with E-state index in [9.17, 15) is 4.79 Å². The van der Waals surface area contributed by atoms with Crippen LogP contribution in [0.1, 0.15) is 10.5 Å². The summed E-state index contributed by atoms with van der Waals surface area (Å²) in [6, 6.07) is 3.15. The van der Waals surface area contributed by atoms with Crippen LogP contribution in [0.2, 0.25) is 0 Å². The lowest BCUT2D eigenvalue weighted by atomic mass is 10.3. The van der Waals surface area contributed by atoms with Crippen molar-refractivity contribution in [1.82, 2.24) is 20.4 Å². The van der Waals surface area contributed by atoms with Crippen molar-refractivity contribution in [2.24, 2.45) is 0 Å². The molecule has 18 heavy (non-hydrogen) atoms. The third-order valence-corrected chi connectivity index (χ3v) is 3.68. The van der Waals surface area contributed by atoms with E-state index in [1.807, 2.05) is 11.8 Å². The van der Waals surface area contributed by atoms with Crippen molar-refractivity contribution < 1.29 is 4.79 Å². The lowest BCUT2D eigenvalue weighted by Gasteiger charge is -2.25. The summed E-state index contributed by atoms with van der Waals surface area (Å²) in [5.41, 5.74) is 5.71. The minimum Gasteiger partial charge on any atom is -0.382 e. The van der Waals surface area contributed by atoms with Crippen molar-refractivity contribution in [1.29, 1.82) is 0 Å². The van der Waals surface area contributed by atoms with Crippen molar-refractivity contribution in [3.63, 3.8) is 0 Å². The second kappa shape index (κ2) is 6.55. The van der Waals surface area contributed by atoms with E-state index in [2.05, 4.69) is 20.4 Å². The van der Waals surface area contributed by atoms with Gasteiger partial charge in [0.25, 0.3) is 5.91 Å². The third-order valence-electron chi connectivity index (χ3n) is 2.74. The molecule has 0 unspecified atom stereocenters. The predicted molar refractivity (Wildman–Crippen MR) is 72.5 cm³/mol. The van der Waals surface area contributed by atoms with E-state index in [0.29, 0.717) is 18.1 Å². The molecule has 0 aromatic carbocycles. The number of amides is 1. The Bertz CT molecular complexity index is 391. The zero-order valence-corrected chi connectivity index (χ0v) is 10.9. The molecule has 1 aliphatic rings. The molecular formula is C11H17N5OS. The summed E-state index contributed by atoms with van der Waals surface area (Å²) >= 11 is 1.98. The minimum absolute atomic E-state index is 0.200. The molecule has 2 heterocycles. The summed E-state index contributed by atoms with van der Waals surface area (Å²) in [6.45, 7) is 3.72. The molecule has 0 radical (unpaired) electrons. The number of hydrogen-bond acceptors (Lipinski definition) is 6. The standard InChI is InChI=1S/C11H17N5OS/c12-10-2-1-9(14-15-10)11(17)13-3-4-16-5-7-18-8-6-16/h1-2H,3-8H2,(H2,12,15)(H,13,17). The highest BCUT2D eigenvalue weighted by molar-refractivity contribution is 7.99. The molecule has 6 nitrogen and oxygen atoms in total.